The number of ether oxygens (including phenoxy) is 1. The van der Waals surface area contributed by atoms with Gasteiger partial charge in [0, 0.05) is 30.9 Å². The van der Waals surface area contributed by atoms with Gasteiger partial charge in [0.25, 0.3) is 9.24 Å². The van der Waals surface area contributed by atoms with Crippen molar-refractivity contribution in [1.82, 2.24) is 4.31 Å². The Kier molecular flexibility index (Phi) is 3.34. The molecule has 0 spiro atoms. The molecule has 0 aromatic heterocycles. The third-order valence-corrected chi connectivity index (χ3v) is 3.51. The lowest BCUT2D eigenvalue weighted by atomic mass is 10.1. The van der Waals surface area contributed by atoms with Crippen LogP contribution in [-0.4, -0.2) is 39.5 Å². The number of hydrogen-bond acceptors (Lipinski definition) is 3. The first kappa shape index (κ1) is 10.2. The molecule has 1 aliphatic heterocycles. The molecule has 1 saturated heterocycles. The Bertz CT molecular complexity index is 235. The Morgan fingerprint density at radius 3 is 2.75 bits per heavy atom. The summed E-state index contributed by atoms with van der Waals surface area (Å²) in [6.45, 7) is 1.81. The molecule has 1 unspecified atom stereocenters. The quantitative estimate of drug-likeness (QED) is 0.640. The van der Waals surface area contributed by atoms with E-state index >= 15 is 0 Å². The summed E-state index contributed by atoms with van der Waals surface area (Å²) in [4.78, 5) is 0. The van der Waals surface area contributed by atoms with Crippen LogP contribution >= 0.6 is 10.7 Å². The molecular formula is C6H12ClNO3S. The molecule has 1 fully saturated rings. The molecule has 0 bridgehead atoms. The molecule has 0 radical (unpaired) electrons. The van der Waals surface area contributed by atoms with E-state index in [1.807, 2.05) is 0 Å². The van der Waals surface area contributed by atoms with Crippen molar-refractivity contribution in [2.45, 2.75) is 6.42 Å². The molecule has 1 aliphatic rings. The third kappa shape index (κ3) is 2.90. The van der Waals surface area contributed by atoms with Gasteiger partial charge in [-0.2, -0.15) is 12.7 Å². The maximum Gasteiger partial charge on any atom is 0.299 e. The summed E-state index contributed by atoms with van der Waals surface area (Å²) in [5, 5.41) is 0. The molecule has 6 heteroatoms. The molecule has 0 saturated carbocycles. The van der Waals surface area contributed by atoms with E-state index in [-0.39, 0.29) is 0 Å². The number of rotatable bonds is 3. The van der Waals surface area contributed by atoms with Crippen LogP contribution in [0.2, 0.25) is 0 Å². The number of hydrogen-bond donors (Lipinski definition) is 0. The van der Waals surface area contributed by atoms with Gasteiger partial charge in [0.2, 0.25) is 0 Å². The lowest BCUT2D eigenvalue weighted by molar-refractivity contribution is 0.182. The Morgan fingerprint density at radius 2 is 2.33 bits per heavy atom. The van der Waals surface area contributed by atoms with Crippen molar-refractivity contribution in [2.24, 2.45) is 5.92 Å². The molecule has 12 heavy (non-hydrogen) atoms. The van der Waals surface area contributed by atoms with Gasteiger partial charge < -0.3 is 4.74 Å². The second kappa shape index (κ2) is 3.91. The highest BCUT2D eigenvalue weighted by molar-refractivity contribution is 8.11. The molecule has 1 heterocycles. The lowest BCUT2D eigenvalue weighted by Crippen LogP contribution is -2.28. The minimum atomic E-state index is -3.54. The van der Waals surface area contributed by atoms with E-state index in [2.05, 4.69) is 0 Å². The predicted molar refractivity (Wildman–Crippen MR) is 46.3 cm³/mol. The summed E-state index contributed by atoms with van der Waals surface area (Å²) >= 11 is 0. The molecule has 0 amide bonds. The standard InChI is InChI=1S/C6H12ClNO3S/c1-8(12(7,9)10)4-6-2-3-11-5-6/h6H,2-5H2,1H3. The Balaban J connectivity index is 2.40. The van der Waals surface area contributed by atoms with Crippen LogP contribution in [-0.2, 0) is 14.0 Å². The van der Waals surface area contributed by atoms with Crippen molar-refractivity contribution in [1.29, 1.82) is 0 Å². The van der Waals surface area contributed by atoms with Gasteiger partial charge in [-0.3, -0.25) is 0 Å². The summed E-state index contributed by atoms with van der Waals surface area (Å²) in [7, 11) is 3.05. The third-order valence-electron chi connectivity index (χ3n) is 1.91. The molecule has 4 nitrogen and oxygen atoms in total. The van der Waals surface area contributed by atoms with E-state index < -0.39 is 9.24 Å². The summed E-state index contributed by atoms with van der Waals surface area (Å²) in [5.74, 6) is 0.295. The molecular weight excluding hydrogens is 202 g/mol. The number of nitrogens with zero attached hydrogens (tertiary/aromatic N) is 1. The highest BCUT2D eigenvalue weighted by Crippen LogP contribution is 2.15. The van der Waals surface area contributed by atoms with Crippen LogP contribution in [0.1, 0.15) is 6.42 Å². The van der Waals surface area contributed by atoms with E-state index in [9.17, 15) is 8.42 Å². The smallest absolute Gasteiger partial charge is 0.299 e. The Hall–Kier alpha value is 0.160. The molecule has 0 aliphatic carbocycles. The van der Waals surface area contributed by atoms with Crippen molar-refractivity contribution < 1.29 is 13.2 Å². The first-order valence-electron chi connectivity index (χ1n) is 3.74. The second-order valence-electron chi connectivity index (χ2n) is 2.95. The average Bonchev–Trinajstić information content (AvgIpc) is 2.37. The topological polar surface area (TPSA) is 46.6 Å². The average molecular weight is 214 g/mol. The predicted octanol–water partition coefficient (Wildman–Crippen LogP) is 0.438. The van der Waals surface area contributed by atoms with Crippen molar-refractivity contribution in [2.75, 3.05) is 26.8 Å². The van der Waals surface area contributed by atoms with E-state index in [4.69, 9.17) is 15.4 Å². The molecule has 0 N–H and O–H groups in total. The van der Waals surface area contributed by atoms with Crippen LogP contribution in [0.5, 0.6) is 0 Å². The molecule has 1 atom stereocenters. The van der Waals surface area contributed by atoms with E-state index in [0.29, 0.717) is 19.1 Å². The zero-order valence-corrected chi connectivity index (χ0v) is 8.44. The monoisotopic (exact) mass is 213 g/mol. The summed E-state index contributed by atoms with van der Waals surface area (Å²) in [6.07, 6.45) is 0.913. The maximum absolute atomic E-state index is 10.8. The lowest BCUT2D eigenvalue weighted by Gasteiger charge is -2.15. The zero-order chi connectivity index (χ0) is 9.19. The fourth-order valence-corrected chi connectivity index (χ4v) is 1.74. The second-order valence-corrected chi connectivity index (χ2v) is 5.57. The Labute approximate surface area is 77.0 Å². The minimum Gasteiger partial charge on any atom is -0.381 e. The Morgan fingerprint density at radius 1 is 1.67 bits per heavy atom. The van der Waals surface area contributed by atoms with Crippen LogP contribution in [0.4, 0.5) is 0 Å². The fourth-order valence-electron chi connectivity index (χ4n) is 1.18. The zero-order valence-electron chi connectivity index (χ0n) is 6.86. The first-order valence-corrected chi connectivity index (χ1v) is 6.00. The van der Waals surface area contributed by atoms with Gasteiger partial charge >= 0.3 is 0 Å². The highest BCUT2D eigenvalue weighted by Gasteiger charge is 2.22. The van der Waals surface area contributed by atoms with Gasteiger partial charge in [-0.05, 0) is 12.3 Å². The molecule has 72 valence electrons. The van der Waals surface area contributed by atoms with Crippen molar-refractivity contribution in [3.8, 4) is 0 Å². The van der Waals surface area contributed by atoms with Crippen molar-refractivity contribution >= 4 is 19.9 Å². The van der Waals surface area contributed by atoms with Gasteiger partial charge in [0.15, 0.2) is 0 Å². The SMILES string of the molecule is CN(CC1CCOC1)S(=O)(=O)Cl. The van der Waals surface area contributed by atoms with Gasteiger partial charge in [-0.25, -0.2) is 0 Å². The van der Waals surface area contributed by atoms with Gasteiger partial charge in [-0.15, -0.1) is 0 Å². The van der Waals surface area contributed by atoms with Crippen molar-refractivity contribution in [3.63, 3.8) is 0 Å². The summed E-state index contributed by atoms with van der Waals surface area (Å²) in [5.41, 5.74) is 0. The van der Waals surface area contributed by atoms with Gasteiger partial charge in [0.1, 0.15) is 0 Å². The fraction of sp³-hybridized carbons (Fsp3) is 1.00. The van der Waals surface area contributed by atoms with Crippen molar-refractivity contribution in [3.05, 3.63) is 0 Å². The van der Waals surface area contributed by atoms with Crippen LogP contribution < -0.4 is 0 Å². The summed E-state index contributed by atoms with van der Waals surface area (Å²) < 4.78 is 27.8. The number of halogens is 1. The maximum atomic E-state index is 10.8. The van der Waals surface area contributed by atoms with Crippen LogP contribution in [0.15, 0.2) is 0 Å². The van der Waals surface area contributed by atoms with E-state index in [0.717, 1.165) is 17.3 Å². The summed E-state index contributed by atoms with van der Waals surface area (Å²) in [6, 6.07) is 0. The van der Waals surface area contributed by atoms with E-state index in [1.54, 1.807) is 0 Å². The van der Waals surface area contributed by atoms with Gasteiger partial charge in [-0.1, -0.05) is 0 Å². The normalized spacial score (nSPS) is 25.1. The minimum absolute atomic E-state index is 0.295. The van der Waals surface area contributed by atoms with Crippen LogP contribution in [0.3, 0.4) is 0 Å². The molecule has 1 rings (SSSR count). The molecule has 0 aromatic carbocycles. The molecule has 0 aromatic rings. The van der Waals surface area contributed by atoms with Crippen LogP contribution in [0, 0.1) is 5.92 Å². The largest absolute Gasteiger partial charge is 0.381 e. The van der Waals surface area contributed by atoms with Gasteiger partial charge in [0.05, 0.1) is 6.61 Å². The van der Waals surface area contributed by atoms with E-state index in [1.165, 1.54) is 7.05 Å². The first-order chi connectivity index (χ1) is 5.50. The van der Waals surface area contributed by atoms with Crippen LogP contribution in [0.25, 0.3) is 0 Å². The highest BCUT2D eigenvalue weighted by atomic mass is 35.7.